The number of hydrogen-bond acceptors (Lipinski definition) is 34. The molecule has 3 amide bonds. The first-order valence-electron chi connectivity index (χ1n) is 48.5. The van der Waals surface area contributed by atoms with Gasteiger partial charge in [0.2, 0.25) is 35.4 Å². The minimum atomic E-state index is -3.58. The summed E-state index contributed by atoms with van der Waals surface area (Å²) in [6, 6.07) is 23.1. The predicted molar refractivity (Wildman–Crippen MR) is 535 cm³/mol. The van der Waals surface area contributed by atoms with E-state index in [-0.39, 0.29) is 151 Å². The third kappa shape index (κ3) is 22.8. The summed E-state index contributed by atoms with van der Waals surface area (Å²) in [5, 5.41) is 5.04. The molecule has 1 N–H and O–H groups in total. The van der Waals surface area contributed by atoms with Crippen LogP contribution in [0.3, 0.4) is 0 Å². The Balaban J connectivity index is 0.000000154. The molecule has 43 heteroatoms. The summed E-state index contributed by atoms with van der Waals surface area (Å²) in [6.07, 6.45) is 13.6. The number of Topliss-reactive ketones (excluding diaryl/α,β-unsaturated/α-hetero) is 3. The summed E-state index contributed by atoms with van der Waals surface area (Å²) in [4.78, 5) is 108. The Morgan fingerprint density at radius 3 is 0.930 bits per heavy atom. The van der Waals surface area contributed by atoms with E-state index in [0.29, 0.717) is 166 Å². The molecule has 18 rings (SSSR count). The molecule has 142 heavy (non-hydrogen) atoms. The number of ketones is 3. The third-order valence-corrected chi connectivity index (χ3v) is 37.2. The number of aromatic nitrogens is 3. The van der Waals surface area contributed by atoms with Crippen molar-refractivity contribution >= 4 is 118 Å². The van der Waals surface area contributed by atoms with Crippen LogP contribution in [0.1, 0.15) is 201 Å². The van der Waals surface area contributed by atoms with Gasteiger partial charge in [0.25, 0.3) is 0 Å². The number of rotatable bonds is 35. The fourth-order valence-electron chi connectivity index (χ4n) is 19.9. The number of anilines is 3. The van der Waals surface area contributed by atoms with Gasteiger partial charge in [-0.05, 0) is 187 Å². The number of fused-ring (bicyclic) bond motifs is 3. The van der Waals surface area contributed by atoms with Crippen LogP contribution >= 0.6 is 67.7 Å². The van der Waals surface area contributed by atoms with Gasteiger partial charge in [-0.25, -0.2) is 38.0 Å². The van der Waals surface area contributed by atoms with Crippen molar-refractivity contribution < 1.29 is 125 Å². The number of piperidine rings is 3. The van der Waals surface area contributed by atoms with Gasteiger partial charge in [-0.3, -0.25) is 70.6 Å². The molecule has 0 aliphatic carbocycles. The number of amides is 3. The van der Waals surface area contributed by atoms with Gasteiger partial charge in [0.1, 0.15) is 85.6 Å². The van der Waals surface area contributed by atoms with Crippen LogP contribution in [0.15, 0.2) is 123 Å². The first kappa shape index (κ1) is 108. The number of oxazole rings is 3. The van der Waals surface area contributed by atoms with E-state index >= 15 is 0 Å². The highest BCUT2D eigenvalue weighted by atomic mass is 35.7. The number of ether oxygens (including phenoxy) is 9. The maximum Gasteiger partial charge on any atom is 0.424 e. The van der Waals surface area contributed by atoms with Crippen molar-refractivity contribution in [2.24, 2.45) is 16.2 Å². The second-order valence-corrected chi connectivity index (χ2v) is 44.9. The molecule has 0 bridgehead atoms. The Morgan fingerprint density at radius 1 is 0.408 bits per heavy atom. The van der Waals surface area contributed by atoms with Gasteiger partial charge in [0.05, 0.1) is 149 Å². The second kappa shape index (κ2) is 48.5. The Kier molecular flexibility index (Phi) is 36.8. The van der Waals surface area contributed by atoms with Crippen LogP contribution in [0, 0.1) is 37.0 Å². The minimum absolute atomic E-state index is 0.00421. The van der Waals surface area contributed by atoms with Crippen LogP contribution in [0.2, 0.25) is 0 Å². The van der Waals surface area contributed by atoms with E-state index in [9.17, 15) is 42.5 Å². The highest BCUT2D eigenvalue weighted by molar-refractivity contribution is 7.81. The van der Waals surface area contributed by atoms with Crippen LogP contribution in [0.25, 0.3) is 32.3 Å². The van der Waals surface area contributed by atoms with Crippen LogP contribution in [-0.4, -0.2) is 237 Å². The van der Waals surface area contributed by atoms with Crippen LogP contribution < -0.4 is 34.2 Å². The summed E-state index contributed by atoms with van der Waals surface area (Å²) in [5.74, 6) is 1.92. The Labute approximate surface area is 843 Å². The third-order valence-electron chi connectivity index (χ3n) is 27.1. The van der Waals surface area contributed by atoms with Crippen LogP contribution in [0.4, 0.5) is 15.0 Å². The van der Waals surface area contributed by atoms with Gasteiger partial charge in [-0.2, -0.15) is 0 Å². The highest BCUT2D eigenvalue weighted by Gasteiger charge is 2.61. The maximum atomic E-state index is 14.9. The van der Waals surface area contributed by atoms with Crippen LogP contribution in [0.5, 0.6) is 17.2 Å². The van der Waals surface area contributed by atoms with Gasteiger partial charge < -0.3 is 61.2 Å². The molecule has 36 nitrogen and oxygen atoms in total. The normalized spacial score (nSPS) is 19.4. The van der Waals surface area contributed by atoms with Crippen molar-refractivity contribution in [1.82, 2.24) is 29.6 Å². The summed E-state index contributed by atoms with van der Waals surface area (Å²) < 4.78 is 144. The Morgan fingerprint density at radius 2 is 0.676 bits per heavy atom. The zero-order valence-corrected chi connectivity index (χ0v) is 88.1. The largest absolute Gasteiger partial charge is 0.496 e. The highest BCUT2D eigenvalue weighted by Crippen LogP contribution is 2.62. The quantitative estimate of drug-likeness (QED) is 0.0285. The molecule has 9 aromatic rings. The van der Waals surface area contributed by atoms with Gasteiger partial charge in [-0.15, -0.1) is 34.0 Å². The average Bonchev–Trinajstić information content (AvgIpc) is 1.52. The maximum absolute atomic E-state index is 14.9. The molecular weight excluding hydrogens is 1970 g/mol. The molecule has 6 fully saturated rings. The number of nitrogens with zero attached hydrogens (tertiary/aromatic N) is 8. The summed E-state index contributed by atoms with van der Waals surface area (Å²) in [7, 11) is -2.29. The SMILES string of the molecule is CCOP(=O)(Cl)OCC.CCOP(=O)(OCC)N1CCC2(CC1)C(=O)c1c(sc(-c3ncco3)c1C)N(C[C@H](OC1CCOCC1)c1ccccc1OC)C2=O.CCOP(=O)(OCC)N1CCC2(CC1)C(=O)c1c(sc(-c3ncco3)c1C)N(C[C@H](OC1CCOCC1)c1ccccc1OC)C2=O.COc1ccccc1[C@H](CN1C(=O)C2(CCNCC2)C(=O)c2c1sc(-c1ncco1)c2C)OC1CCOCC1. The lowest BCUT2D eigenvalue weighted by atomic mass is 9.69. The second-order valence-electron chi connectivity index (χ2n) is 35.3. The number of carbonyl (C=O) groups excluding carboxylic acids is 6. The molecule has 3 spiro atoms. The lowest BCUT2D eigenvalue weighted by Crippen LogP contribution is -2.57. The zero-order valence-electron chi connectivity index (χ0n) is 82.2. The molecule has 0 radical (unpaired) electrons. The molecule has 0 unspecified atom stereocenters. The van der Waals surface area contributed by atoms with Crippen molar-refractivity contribution in [3.05, 3.63) is 160 Å². The van der Waals surface area contributed by atoms with E-state index in [2.05, 4.69) is 29.3 Å². The van der Waals surface area contributed by atoms with Crippen molar-refractivity contribution in [1.29, 1.82) is 0 Å². The van der Waals surface area contributed by atoms with Gasteiger partial charge in [0, 0.05) is 93.8 Å². The number of methoxy groups -OCH3 is 3. The summed E-state index contributed by atoms with van der Waals surface area (Å²) >= 11 is 9.27. The minimum Gasteiger partial charge on any atom is -0.496 e. The standard InChI is InChI=1S/2C33H42N3O9PS.C29H33N3O6S.C4H10ClO3P/c2*1-5-43-46(39,44-6-2)35-16-13-33(14-17-35)29(37)27-22(3)28(30-34-15-20-42-30)47-31(27)36(32(33)38)21-26(45-23-11-18-41-19-12-23)24-9-7-8-10-25(24)40-4;1-18-23-25(33)29(9-11-30-12-10-29)28(34)32(27(23)39-24(18)26-31-13-16-37-26)17-22(38-19-7-14-36-15-8-19)20-5-3-4-6-21(20)35-2;1-3-7-9(5,6)8-4-2/h2*7-10,15,20,23,26H,5-6,11-14,16-19,21H2,1-4H3;3-6,13,16,19,22,30H,7-12,14-15,17H2,1-2H3;3-4H2,1-2H3/t2*26-;22-;/m000./s1. The van der Waals surface area contributed by atoms with Crippen molar-refractivity contribution in [2.45, 2.75) is 176 Å². The molecule has 6 aromatic heterocycles. The number of hydrogen-bond donors (Lipinski definition) is 1. The number of nitrogens with one attached hydrogen (secondary N) is 1. The molecule has 3 aromatic carbocycles. The molecule has 9 aliphatic heterocycles. The predicted octanol–water partition coefficient (Wildman–Crippen LogP) is 19.9. The lowest BCUT2D eigenvalue weighted by molar-refractivity contribution is -0.130. The van der Waals surface area contributed by atoms with E-state index in [4.69, 9.17) is 85.2 Å². The fraction of sp³-hybridized carbons (Fsp3) is 0.545. The van der Waals surface area contributed by atoms with Crippen LogP contribution in [-0.2, 0) is 83.6 Å². The monoisotopic (exact) mass is 2100 g/mol. The zero-order chi connectivity index (χ0) is 101. The number of carbonyl (C=O) groups is 6. The number of thiophene rings is 3. The molecule has 0 saturated carbocycles. The van der Waals surface area contributed by atoms with Crippen molar-refractivity contribution in [2.75, 3.05) is 174 Å². The van der Waals surface area contributed by atoms with Gasteiger partial charge >= 0.3 is 22.4 Å². The van der Waals surface area contributed by atoms with E-state index in [0.717, 1.165) is 65.7 Å². The molecular formula is C99H127ClN9O27P3S3. The molecule has 9 aliphatic rings. The first-order chi connectivity index (χ1) is 68.7. The molecule has 770 valence electrons. The van der Waals surface area contributed by atoms with Crippen molar-refractivity contribution in [3.8, 4) is 49.6 Å². The van der Waals surface area contributed by atoms with E-state index in [1.54, 1.807) is 106 Å². The average molecular weight is 2100 g/mol. The van der Waals surface area contributed by atoms with E-state index < -0.39 is 57.0 Å². The molecule has 3 atom stereocenters. The Hall–Kier alpha value is -8.41. The molecule has 15 heterocycles. The number of halogens is 1. The molecule has 6 saturated heterocycles. The smallest absolute Gasteiger partial charge is 0.424 e. The first-order valence-corrected chi connectivity index (χ1v) is 56.4. The lowest BCUT2D eigenvalue weighted by Gasteiger charge is -2.46. The van der Waals surface area contributed by atoms with Gasteiger partial charge in [0.15, 0.2) is 17.3 Å². The topological polar surface area (TPSA) is 398 Å². The summed E-state index contributed by atoms with van der Waals surface area (Å²) in [5.41, 5.74) is 2.47. The number of para-hydroxylation sites is 3. The van der Waals surface area contributed by atoms with E-state index in [1.807, 2.05) is 93.6 Å². The van der Waals surface area contributed by atoms with Crippen molar-refractivity contribution in [3.63, 3.8) is 0 Å². The van der Waals surface area contributed by atoms with E-state index in [1.165, 1.54) is 52.8 Å². The number of benzene rings is 3. The summed E-state index contributed by atoms with van der Waals surface area (Å²) in [6.45, 7) is 20.6. The Bertz CT molecular complexity index is 5670. The van der Waals surface area contributed by atoms with Gasteiger partial charge in [-0.1, -0.05) is 54.6 Å². The fourth-order valence-corrected chi connectivity index (χ4v) is 28.5.